The summed E-state index contributed by atoms with van der Waals surface area (Å²) in [7, 11) is -1.85. The Balaban J connectivity index is 1.72. The van der Waals surface area contributed by atoms with E-state index in [4.69, 9.17) is 0 Å². The predicted octanol–water partition coefficient (Wildman–Crippen LogP) is 0.225. The summed E-state index contributed by atoms with van der Waals surface area (Å²) in [6.07, 6.45) is 3.51. The highest BCUT2D eigenvalue weighted by Crippen LogP contribution is 2.13. The second-order valence-corrected chi connectivity index (χ2v) is 6.90. The molecule has 3 rings (SSSR count). The maximum absolute atomic E-state index is 11.4. The Hall–Kier alpha value is -2.26. The van der Waals surface area contributed by atoms with Crippen LogP contribution in [0.5, 0.6) is 0 Å². The topological polar surface area (TPSA) is 94.7 Å². The highest BCUT2D eigenvalue weighted by atomic mass is 32.2. The van der Waals surface area contributed by atoms with Crippen molar-refractivity contribution in [1.82, 2.24) is 29.3 Å². The van der Waals surface area contributed by atoms with E-state index in [9.17, 15) is 8.42 Å². The SMILES string of the molecule is CNS(=O)(=O)CCn1cc(Cn2cnc3ccccc32)nn1. The molecule has 0 amide bonds. The first-order valence-electron chi connectivity index (χ1n) is 6.77. The number of aryl methyl sites for hydroxylation is 1. The fourth-order valence-corrected chi connectivity index (χ4v) is 2.78. The van der Waals surface area contributed by atoms with Crippen molar-refractivity contribution >= 4 is 21.1 Å². The monoisotopic (exact) mass is 320 g/mol. The quantitative estimate of drug-likeness (QED) is 0.701. The summed E-state index contributed by atoms with van der Waals surface area (Å²) >= 11 is 0. The Bertz CT molecular complexity index is 883. The molecule has 0 radical (unpaired) electrons. The second-order valence-electron chi connectivity index (χ2n) is 4.86. The van der Waals surface area contributed by atoms with E-state index in [-0.39, 0.29) is 12.3 Å². The summed E-state index contributed by atoms with van der Waals surface area (Å²) in [5.41, 5.74) is 2.70. The molecule has 0 aliphatic rings. The van der Waals surface area contributed by atoms with Crippen LogP contribution in [0.2, 0.25) is 0 Å². The van der Waals surface area contributed by atoms with Gasteiger partial charge in [0.15, 0.2) is 0 Å². The third-order valence-corrected chi connectivity index (χ3v) is 4.69. The van der Waals surface area contributed by atoms with Gasteiger partial charge in [0.25, 0.3) is 0 Å². The molecule has 0 saturated heterocycles. The van der Waals surface area contributed by atoms with Gasteiger partial charge in [0.1, 0.15) is 5.69 Å². The number of nitrogens with zero attached hydrogens (tertiary/aromatic N) is 5. The maximum atomic E-state index is 11.4. The van der Waals surface area contributed by atoms with Crippen molar-refractivity contribution in [2.75, 3.05) is 12.8 Å². The molecule has 0 saturated carbocycles. The molecular weight excluding hydrogens is 304 g/mol. The predicted molar refractivity (Wildman–Crippen MR) is 81.7 cm³/mol. The van der Waals surface area contributed by atoms with Crippen molar-refractivity contribution in [3.63, 3.8) is 0 Å². The molecule has 8 nitrogen and oxygen atoms in total. The van der Waals surface area contributed by atoms with E-state index in [2.05, 4.69) is 20.0 Å². The first kappa shape index (κ1) is 14.7. The van der Waals surface area contributed by atoms with Gasteiger partial charge in [-0.3, -0.25) is 4.68 Å². The first-order chi connectivity index (χ1) is 10.6. The van der Waals surface area contributed by atoms with Crippen LogP contribution in [0.4, 0.5) is 0 Å². The number of para-hydroxylation sites is 2. The molecule has 0 unspecified atom stereocenters. The fourth-order valence-electron chi connectivity index (χ4n) is 2.15. The third-order valence-electron chi connectivity index (χ3n) is 3.35. The van der Waals surface area contributed by atoms with E-state index in [0.717, 1.165) is 16.7 Å². The minimum atomic E-state index is -3.24. The lowest BCUT2D eigenvalue weighted by atomic mass is 10.3. The molecule has 1 N–H and O–H groups in total. The highest BCUT2D eigenvalue weighted by molar-refractivity contribution is 7.89. The number of rotatable bonds is 6. The molecule has 0 fully saturated rings. The zero-order valence-electron chi connectivity index (χ0n) is 12.0. The van der Waals surface area contributed by atoms with Crippen LogP contribution >= 0.6 is 0 Å². The van der Waals surface area contributed by atoms with Crippen LogP contribution in [0.15, 0.2) is 36.8 Å². The van der Waals surface area contributed by atoms with E-state index < -0.39 is 10.0 Å². The third kappa shape index (κ3) is 3.15. The van der Waals surface area contributed by atoms with Gasteiger partial charge in [-0.1, -0.05) is 17.3 Å². The van der Waals surface area contributed by atoms with Crippen molar-refractivity contribution < 1.29 is 8.42 Å². The van der Waals surface area contributed by atoms with Crippen LogP contribution < -0.4 is 4.72 Å². The van der Waals surface area contributed by atoms with Crippen molar-refractivity contribution in [2.45, 2.75) is 13.1 Å². The van der Waals surface area contributed by atoms with Gasteiger partial charge < -0.3 is 4.57 Å². The zero-order chi connectivity index (χ0) is 15.6. The minimum Gasteiger partial charge on any atom is -0.324 e. The molecule has 3 aromatic rings. The summed E-state index contributed by atoms with van der Waals surface area (Å²) in [6.45, 7) is 0.806. The van der Waals surface area contributed by atoms with Crippen LogP contribution in [-0.2, 0) is 23.1 Å². The van der Waals surface area contributed by atoms with E-state index >= 15 is 0 Å². The van der Waals surface area contributed by atoms with E-state index in [1.165, 1.54) is 11.7 Å². The molecule has 9 heteroatoms. The van der Waals surface area contributed by atoms with Gasteiger partial charge in [-0.2, -0.15) is 0 Å². The molecule has 116 valence electrons. The zero-order valence-corrected chi connectivity index (χ0v) is 12.9. The van der Waals surface area contributed by atoms with Crippen LogP contribution in [0, 0.1) is 0 Å². The molecule has 0 atom stereocenters. The number of aromatic nitrogens is 5. The van der Waals surface area contributed by atoms with Gasteiger partial charge in [-0.15, -0.1) is 5.10 Å². The molecule has 0 aliphatic heterocycles. The molecule has 2 heterocycles. The van der Waals surface area contributed by atoms with Crippen LogP contribution in [-0.4, -0.2) is 45.8 Å². The molecule has 2 aromatic heterocycles. The van der Waals surface area contributed by atoms with Crippen molar-refractivity contribution in [2.24, 2.45) is 0 Å². The Morgan fingerprint density at radius 3 is 2.91 bits per heavy atom. The van der Waals surface area contributed by atoms with Crippen molar-refractivity contribution in [3.05, 3.63) is 42.5 Å². The summed E-state index contributed by atoms with van der Waals surface area (Å²) in [4.78, 5) is 4.32. The average molecular weight is 320 g/mol. The summed E-state index contributed by atoms with van der Waals surface area (Å²) in [6, 6.07) is 7.84. The molecule has 0 spiro atoms. The van der Waals surface area contributed by atoms with Crippen LogP contribution in [0.3, 0.4) is 0 Å². The van der Waals surface area contributed by atoms with E-state index in [1.54, 1.807) is 12.5 Å². The summed E-state index contributed by atoms with van der Waals surface area (Å²) < 4.78 is 28.6. The second kappa shape index (κ2) is 5.85. The Morgan fingerprint density at radius 2 is 2.09 bits per heavy atom. The van der Waals surface area contributed by atoms with Gasteiger partial charge >= 0.3 is 0 Å². The number of imidazole rings is 1. The van der Waals surface area contributed by atoms with Crippen molar-refractivity contribution in [1.29, 1.82) is 0 Å². The summed E-state index contributed by atoms with van der Waals surface area (Å²) in [5, 5.41) is 8.03. The largest absolute Gasteiger partial charge is 0.324 e. The van der Waals surface area contributed by atoms with E-state index in [0.29, 0.717) is 6.54 Å². The number of hydrogen-bond acceptors (Lipinski definition) is 5. The van der Waals surface area contributed by atoms with Crippen LogP contribution in [0.25, 0.3) is 11.0 Å². The van der Waals surface area contributed by atoms with E-state index in [1.807, 2.05) is 28.8 Å². The van der Waals surface area contributed by atoms with Gasteiger partial charge in [-0.25, -0.2) is 18.1 Å². The number of sulfonamides is 1. The number of benzene rings is 1. The average Bonchev–Trinajstić information content (AvgIpc) is 3.14. The molecule has 0 bridgehead atoms. The first-order valence-corrected chi connectivity index (χ1v) is 8.43. The number of fused-ring (bicyclic) bond motifs is 1. The minimum absolute atomic E-state index is 0.0275. The van der Waals surface area contributed by atoms with Crippen LogP contribution in [0.1, 0.15) is 5.69 Å². The van der Waals surface area contributed by atoms with Gasteiger partial charge in [0.05, 0.1) is 42.4 Å². The van der Waals surface area contributed by atoms with Crippen molar-refractivity contribution in [3.8, 4) is 0 Å². The lowest BCUT2D eigenvalue weighted by Crippen LogP contribution is -2.24. The Labute approximate surface area is 127 Å². The molecule has 0 aliphatic carbocycles. The lowest BCUT2D eigenvalue weighted by molar-refractivity contribution is 0.568. The highest BCUT2D eigenvalue weighted by Gasteiger charge is 2.09. The smallest absolute Gasteiger partial charge is 0.213 e. The molecule has 22 heavy (non-hydrogen) atoms. The van der Waals surface area contributed by atoms with Gasteiger partial charge in [-0.05, 0) is 19.2 Å². The Morgan fingerprint density at radius 1 is 1.27 bits per heavy atom. The maximum Gasteiger partial charge on any atom is 0.213 e. The summed E-state index contributed by atoms with van der Waals surface area (Å²) in [5.74, 6) is -0.0275. The molecular formula is C13H16N6O2S. The molecule has 1 aromatic carbocycles. The standard InChI is InChI=1S/C13H16N6O2S/c1-14-22(20,21)7-6-19-9-11(16-17-19)8-18-10-15-12-4-2-3-5-13(12)18/h2-5,9-10,14H,6-8H2,1H3. The number of hydrogen-bond donors (Lipinski definition) is 1. The fraction of sp³-hybridized carbons (Fsp3) is 0.308. The normalized spacial score (nSPS) is 12.0. The van der Waals surface area contributed by atoms with Gasteiger partial charge in [0, 0.05) is 0 Å². The van der Waals surface area contributed by atoms with Gasteiger partial charge in [0.2, 0.25) is 10.0 Å². The Kier molecular flexibility index (Phi) is 3.90. The lowest BCUT2D eigenvalue weighted by Gasteiger charge is -2.02. The number of nitrogens with one attached hydrogen (secondary N) is 1.